The lowest BCUT2D eigenvalue weighted by Crippen LogP contribution is -2.34. The van der Waals surface area contributed by atoms with E-state index in [1.165, 1.54) is 26.1 Å². The summed E-state index contributed by atoms with van der Waals surface area (Å²) in [6.45, 7) is 8.61. The van der Waals surface area contributed by atoms with Gasteiger partial charge < -0.3 is 9.80 Å². The summed E-state index contributed by atoms with van der Waals surface area (Å²) in [7, 11) is 4.39. The monoisotopic (exact) mass is 182 g/mol. The highest BCUT2D eigenvalue weighted by Gasteiger charge is 2.59. The largest absolute Gasteiger partial charge is 0.309 e. The molecule has 1 saturated carbocycles. The second-order valence-electron chi connectivity index (χ2n) is 5.52. The summed E-state index contributed by atoms with van der Waals surface area (Å²) in [5.41, 5.74) is 0.688. The molecule has 76 valence electrons. The quantitative estimate of drug-likeness (QED) is 0.649. The molecule has 1 aliphatic carbocycles. The Bertz CT molecular complexity index is 200. The van der Waals surface area contributed by atoms with Crippen LogP contribution in [0.3, 0.4) is 0 Å². The smallest absolute Gasteiger partial charge is 0.00563 e. The molecule has 2 atom stereocenters. The van der Waals surface area contributed by atoms with Crippen LogP contribution in [0.4, 0.5) is 0 Å². The van der Waals surface area contributed by atoms with Gasteiger partial charge >= 0.3 is 0 Å². The molecule has 0 N–H and O–H groups in total. The molecule has 1 heterocycles. The first-order valence-electron chi connectivity index (χ1n) is 5.42. The van der Waals surface area contributed by atoms with Crippen LogP contribution in [0.25, 0.3) is 0 Å². The zero-order valence-electron chi connectivity index (χ0n) is 9.38. The van der Waals surface area contributed by atoms with Crippen molar-refractivity contribution in [3.63, 3.8) is 0 Å². The van der Waals surface area contributed by atoms with Crippen molar-refractivity contribution >= 4 is 0 Å². The van der Waals surface area contributed by atoms with Crippen LogP contribution in [0.15, 0.2) is 0 Å². The number of nitrogens with zero attached hydrogens (tertiary/aromatic N) is 2. The molecule has 0 amide bonds. The van der Waals surface area contributed by atoms with Crippen LogP contribution < -0.4 is 0 Å². The molecule has 2 heteroatoms. The first-order chi connectivity index (χ1) is 6.03. The van der Waals surface area contributed by atoms with E-state index in [4.69, 9.17) is 0 Å². The summed E-state index contributed by atoms with van der Waals surface area (Å²) in [6.07, 6.45) is 1.48. The third kappa shape index (κ3) is 1.62. The Hall–Kier alpha value is -0.0800. The molecule has 0 bridgehead atoms. The second-order valence-corrected chi connectivity index (χ2v) is 5.52. The number of piperidine rings is 1. The van der Waals surface area contributed by atoms with Gasteiger partial charge in [-0.2, -0.15) is 0 Å². The average Bonchev–Trinajstić information content (AvgIpc) is 2.51. The fourth-order valence-corrected chi connectivity index (χ4v) is 2.90. The zero-order chi connectivity index (χ0) is 9.64. The van der Waals surface area contributed by atoms with Gasteiger partial charge in [-0.1, -0.05) is 0 Å². The predicted molar refractivity (Wildman–Crippen MR) is 55.8 cm³/mol. The van der Waals surface area contributed by atoms with Gasteiger partial charge in [0, 0.05) is 31.1 Å². The average molecular weight is 182 g/mol. The summed E-state index contributed by atoms with van der Waals surface area (Å²) in [6, 6.07) is 0.742. The van der Waals surface area contributed by atoms with Crippen molar-refractivity contribution in [1.29, 1.82) is 0 Å². The summed E-state index contributed by atoms with van der Waals surface area (Å²) in [4.78, 5) is 4.99. The lowest BCUT2D eigenvalue weighted by atomic mass is 10.1. The number of fused-ring (bicyclic) bond motifs is 1. The van der Waals surface area contributed by atoms with Crippen LogP contribution in [-0.4, -0.2) is 49.6 Å². The highest BCUT2D eigenvalue weighted by atomic mass is 15.2. The van der Waals surface area contributed by atoms with Crippen molar-refractivity contribution < 1.29 is 0 Å². The lowest BCUT2D eigenvalue weighted by Gasteiger charge is -2.25. The molecular formula is C11H22N2. The Morgan fingerprint density at radius 2 is 2.15 bits per heavy atom. The standard InChI is InChI=1S/C11H22N2/c1-9(2)13-6-10-5-11(10,8-13)7-12(3)4/h9-10H,5-8H2,1-4H3. The minimum absolute atomic E-state index is 0.688. The molecule has 2 rings (SSSR count). The molecular weight excluding hydrogens is 160 g/mol. The topological polar surface area (TPSA) is 6.48 Å². The van der Waals surface area contributed by atoms with Gasteiger partial charge in [0.25, 0.3) is 0 Å². The molecule has 2 aliphatic rings. The maximum Gasteiger partial charge on any atom is 0.00563 e. The Kier molecular flexibility index (Phi) is 2.16. The van der Waals surface area contributed by atoms with Gasteiger partial charge in [-0.15, -0.1) is 0 Å². The Labute approximate surface area is 81.9 Å². The number of hydrogen-bond donors (Lipinski definition) is 0. The molecule has 2 unspecified atom stereocenters. The van der Waals surface area contributed by atoms with Crippen LogP contribution >= 0.6 is 0 Å². The fourth-order valence-electron chi connectivity index (χ4n) is 2.90. The SMILES string of the molecule is CC(C)N1CC2CC2(CN(C)C)C1. The van der Waals surface area contributed by atoms with Crippen molar-refractivity contribution in [2.75, 3.05) is 33.7 Å². The van der Waals surface area contributed by atoms with E-state index in [-0.39, 0.29) is 0 Å². The summed E-state index contributed by atoms with van der Waals surface area (Å²) in [5.74, 6) is 1.01. The van der Waals surface area contributed by atoms with Crippen molar-refractivity contribution in [2.45, 2.75) is 26.3 Å². The van der Waals surface area contributed by atoms with Crippen molar-refractivity contribution in [2.24, 2.45) is 11.3 Å². The van der Waals surface area contributed by atoms with Crippen LogP contribution in [0.1, 0.15) is 20.3 Å². The van der Waals surface area contributed by atoms with E-state index in [1.54, 1.807) is 0 Å². The van der Waals surface area contributed by atoms with Crippen LogP contribution in [-0.2, 0) is 0 Å². The van der Waals surface area contributed by atoms with Crippen LogP contribution in [0.2, 0.25) is 0 Å². The van der Waals surface area contributed by atoms with Gasteiger partial charge in [-0.3, -0.25) is 0 Å². The fraction of sp³-hybridized carbons (Fsp3) is 1.00. The first kappa shape index (κ1) is 9.47. The van der Waals surface area contributed by atoms with E-state index in [0.717, 1.165) is 12.0 Å². The van der Waals surface area contributed by atoms with Gasteiger partial charge in [0.05, 0.1) is 0 Å². The number of likely N-dealkylation sites (tertiary alicyclic amines) is 1. The third-order valence-electron chi connectivity index (χ3n) is 3.69. The Balaban J connectivity index is 1.92. The number of rotatable bonds is 3. The molecule has 0 aromatic carbocycles. The van der Waals surface area contributed by atoms with Crippen LogP contribution in [0.5, 0.6) is 0 Å². The van der Waals surface area contributed by atoms with Crippen molar-refractivity contribution in [3.05, 3.63) is 0 Å². The number of hydrogen-bond acceptors (Lipinski definition) is 2. The Morgan fingerprint density at radius 3 is 2.62 bits per heavy atom. The van der Waals surface area contributed by atoms with Gasteiger partial charge in [0.2, 0.25) is 0 Å². The molecule has 1 aliphatic heterocycles. The molecule has 2 nitrogen and oxygen atoms in total. The third-order valence-corrected chi connectivity index (χ3v) is 3.69. The van der Waals surface area contributed by atoms with E-state index in [9.17, 15) is 0 Å². The maximum atomic E-state index is 2.64. The highest BCUT2D eigenvalue weighted by Crippen LogP contribution is 2.58. The van der Waals surface area contributed by atoms with Crippen molar-refractivity contribution in [3.8, 4) is 0 Å². The van der Waals surface area contributed by atoms with E-state index in [1.807, 2.05) is 0 Å². The van der Waals surface area contributed by atoms with E-state index < -0.39 is 0 Å². The van der Waals surface area contributed by atoms with Crippen molar-refractivity contribution in [1.82, 2.24) is 9.80 Å². The lowest BCUT2D eigenvalue weighted by molar-refractivity contribution is 0.210. The normalized spacial score (nSPS) is 38.8. The first-order valence-corrected chi connectivity index (χ1v) is 5.42. The maximum absolute atomic E-state index is 2.64. The summed E-state index contributed by atoms with van der Waals surface area (Å²) >= 11 is 0. The molecule has 0 aromatic rings. The molecule has 2 fully saturated rings. The Morgan fingerprint density at radius 1 is 1.46 bits per heavy atom. The molecule has 0 spiro atoms. The highest BCUT2D eigenvalue weighted by molar-refractivity contribution is 5.11. The predicted octanol–water partition coefficient (Wildman–Crippen LogP) is 1.28. The zero-order valence-corrected chi connectivity index (χ0v) is 9.38. The van der Waals surface area contributed by atoms with Gasteiger partial charge in [-0.05, 0) is 40.3 Å². The molecule has 0 radical (unpaired) electrons. The van der Waals surface area contributed by atoms with Gasteiger partial charge in [0.15, 0.2) is 0 Å². The second kappa shape index (κ2) is 2.96. The summed E-state index contributed by atoms with van der Waals surface area (Å²) < 4.78 is 0. The van der Waals surface area contributed by atoms with E-state index >= 15 is 0 Å². The minimum Gasteiger partial charge on any atom is -0.309 e. The molecule has 1 saturated heterocycles. The van der Waals surface area contributed by atoms with Crippen LogP contribution in [0, 0.1) is 11.3 Å². The van der Waals surface area contributed by atoms with Gasteiger partial charge in [0.1, 0.15) is 0 Å². The van der Waals surface area contributed by atoms with Gasteiger partial charge in [-0.25, -0.2) is 0 Å². The van der Waals surface area contributed by atoms with E-state index in [0.29, 0.717) is 5.41 Å². The minimum atomic E-state index is 0.688. The van der Waals surface area contributed by atoms with E-state index in [2.05, 4.69) is 37.7 Å². The molecule has 0 aromatic heterocycles. The summed E-state index contributed by atoms with van der Waals surface area (Å²) in [5, 5.41) is 0. The molecule has 13 heavy (non-hydrogen) atoms.